The van der Waals surface area contributed by atoms with Crippen molar-refractivity contribution in [2.24, 2.45) is 0 Å². The van der Waals surface area contributed by atoms with Crippen LogP contribution in [0.4, 0.5) is 0 Å². The molecule has 0 spiro atoms. The number of hydrogen-bond acceptors (Lipinski definition) is 8. The van der Waals surface area contributed by atoms with Gasteiger partial charge in [0.2, 0.25) is 0 Å². The number of aliphatic carboxylic acids is 1. The fourth-order valence-corrected chi connectivity index (χ4v) is 8.01. The van der Waals surface area contributed by atoms with Crippen molar-refractivity contribution in [1.82, 2.24) is 0 Å². The van der Waals surface area contributed by atoms with E-state index in [1.165, 1.54) is 141 Å². The topological polar surface area (TPSA) is 111 Å². The Morgan fingerprint density at radius 2 is 0.803 bits per heavy atom. The van der Waals surface area contributed by atoms with Crippen LogP contribution >= 0.6 is 0 Å². The second kappa shape index (κ2) is 53.0. The molecule has 0 saturated carbocycles. The number of rotatable bonds is 53. The molecule has 410 valence electrons. The van der Waals surface area contributed by atoms with Gasteiger partial charge >= 0.3 is 11.9 Å². The summed E-state index contributed by atoms with van der Waals surface area (Å²) in [5.41, 5.74) is 0. The van der Waals surface area contributed by atoms with E-state index >= 15 is 0 Å². The Morgan fingerprint density at radius 1 is 0.437 bits per heavy atom. The van der Waals surface area contributed by atoms with Crippen molar-refractivity contribution in [3.05, 3.63) is 72.9 Å². The number of carboxylic acids is 1. The Bertz CT molecular complexity index is 1390. The number of unbranched alkanes of at least 4 members (excludes halogenated alkanes) is 26. The minimum absolute atomic E-state index is 0.148. The van der Waals surface area contributed by atoms with E-state index in [4.69, 9.17) is 18.9 Å². The molecular formula is C62H109NO8. The first-order valence-corrected chi connectivity index (χ1v) is 29.1. The molecule has 2 unspecified atom stereocenters. The lowest BCUT2D eigenvalue weighted by Gasteiger charge is -2.26. The standard InChI is InChI=1S/C62H109NO8/c1-6-8-10-12-14-15-16-17-18-19-20-21-22-23-24-25-26-27-28-29-30-31-32-33-34-35-36-37-38-39-40-41-42-43-44-45-47-49-51-53-60(65)71-58(56-69-59(64)52-50-48-46-13-11-9-7-2)57-70-62(61(66)67)68-55-54-63(3,4)5/h8,10,14-15,17-18,20-21,23-24,26-27,58,62H,6-7,9,11-13,16,19,22,25,28-57H2,1-5H3/b10-8-,15-14-,18-17-,21-20-,24-23-,27-26-. The third-order valence-corrected chi connectivity index (χ3v) is 12.5. The van der Waals surface area contributed by atoms with Crippen LogP contribution in [0.3, 0.4) is 0 Å². The Kier molecular flexibility index (Phi) is 50.6. The maximum atomic E-state index is 12.8. The van der Waals surface area contributed by atoms with Crippen LogP contribution < -0.4 is 5.11 Å². The number of ether oxygens (including phenoxy) is 4. The molecule has 0 saturated heterocycles. The number of likely N-dealkylation sites (N-methyl/N-ethyl adjacent to an activating group) is 1. The van der Waals surface area contributed by atoms with Crippen LogP contribution in [0.1, 0.15) is 245 Å². The average Bonchev–Trinajstić information content (AvgIpc) is 3.34. The third kappa shape index (κ3) is 54.3. The second-order valence-electron chi connectivity index (χ2n) is 20.6. The van der Waals surface area contributed by atoms with Crippen LogP contribution in [-0.2, 0) is 33.3 Å². The molecule has 0 heterocycles. The predicted octanol–water partition coefficient (Wildman–Crippen LogP) is 15.7. The van der Waals surface area contributed by atoms with Crippen molar-refractivity contribution in [3.63, 3.8) is 0 Å². The van der Waals surface area contributed by atoms with Gasteiger partial charge in [-0.3, -0.25) is 9.59 Å². The van der Waals surface area contributed by atoms with Crippen molar-refractivity contribution >= 4 is 17.9 Å². The van der Waals surface area contributed by atoms with Crippen molar-refractivity contribution in [2.45, 2.75) is 257 Å². The van der Waals surface area contributed by atoms with E-state index in [1.807, 2.05) is 21.1 Å². The summed E-state index contributed by atoms with van der Waals surface area (Å²) in [6, 6.07) is 0. The van der Waals surface area contributed by atoms with E-state index in [2.05, 4.69) is 86.8 Å². The summed E-state index contributed by atoms with van der Waals surface area (Å²) in [4.78, 5) is 36.9. The zero-order valence-electron chi connectivity index (χ0n) is 46.6. The molecule has 0 aliphatic heterocycles. The monoisotopic (exact) mass is 996 g/mol. The van der Waals surface area contributed by atoms with Gasteiger partial charge in [0.1, 0.15) is 13.2 Å². The Morgan fingerprint density at radius 3 is 1.20 bits per heavy atom. The largest absolute Gasteiger partial charge is 0.545 e. The zero-order valence-corrected chi connectivity index (χ0v) is 46.6. The van der Waals surface area contributed by atoms with Gasteiger partial charge in [0, 0.05) is 12.8 Å². The number of carbonyl (C=O) groups excluding carboxylic acids is 3. The molecule has 0 aliphatic carbocycles. The fourth-order valence-electron chi connectivity index (χ4n) is 8.01. The summed E-state index contributed by atoms with van der Waals surface area (Å²) in [5, 5.41) is 11.7. The predicted molar refractivity (Wildman–Crippen MR) is 297 cm³/mol. The number of allylic oxidation sites excluding steroid dienone is 12. The molecular weight excluding hydrogens is 887 g/mol. The average molecular weight is 997 g/mol. The molecule has 71 heavy (non-hydrogen) atoms. The van der Waals surface area contributed by atoms with E-state index < -0.39 is 24.3 Å². The summed E-state index contributed by atoms with van der Waals surface area (Å²) in [6.07, 6.45) is 65.8. The molecule has 0 aromatic carbocycles. The van der Waals surface area contributed by atoms with Crippen molar-refractivity contribution in [1.29, 1.82) is 0 Å². The quantitative estimate of drug-likeness (QED) is 0.0195. The third-order valence-electron chi connectivity index (χ3n) is 12.5. The van der Waals surface area contributed by atoms with Gasteiger partial charge < -0.3 is 33.3 Å². The van der Waals surface area contributed by atoms with Crippen LogP contribution in [0, 0.1) is 0 Å². The first kappa shape index (κ1) is 67.7. The SMILES string of the molecule is CC/C=C\C/C=C\C/C=C\C/C=C\C/C=C\C/C=C\CCCCCCCCCCCCCCCCCCCCCCC(=O)OC(COC(=O)CCCCCCCCC)COC(OCC[N+](C)(C)C)C(=O)[O-]. The fraction of sp³-hybridized carbons (Fsp3) is 0.758. The number of nitrogens with zero attached hydrogens (tertiary/aromatic N) is 1. The Balaban J connectivity index is 3.89. The number of hydrogen-bond donors (Lipinski definition) is 0. The lowest BCUT2D eigenvalue weighted by atomic mass is 10.0. The molecule has 9 nitrogen and oxygen atoms in total. The molecule has 0 radical (unpaired) electrons. The summed E-state index contributed by atoms with van der Waals surface area (Å²) in [5.74, 6) is -2.28. The first-order chi connectivity index (χ1) is 34.6. The summed E-state index contributed by atoms with van der Waals surface area (Å²) in [7, 11) is 5.91. The van der Waals surface area contributed by atoms with Crippen molar-refractivity contribution in [2.75, 3.05) is 47.5 Å². The van der Waals surface area contributed by atoms with Gasteiger partial charge in [-0.15, -0.1) is 0 Å². The van der Waals surface area contributed by atoms with Crippen molar-refractivity contribution < 1.29 is 42.9 Å². The van der Waals surface area contributed by atoms with Crippen LogP contribution in [0.2, 0.25) is 0 Å². The highest BCUT2D eigenvalue weighted by molar-refractivity contribution is 5.70. The number of esters is 2. The second-order valence-corrected chi connectivity index (χ2v) is 20.6. The van der Waals surface area contributed by atoms with E-state index in [0.717, 1.165) is 70.6 Å². The van der Waals surface area contributed by atoms with Crippen LogP contribution in [0.5, 0.6) is 0 Å². The molecule has 0 N–H and O–H groups in total. The van der Waals surface area contributed by atoms with Gasteiger partial charge in [0.15, 0.2) is 12.4 Å². The normalized spacial score (nSPS) is 13.3. The smallest absolute Gasteiger partial charge is 0.306 e. The molecule has 9 heteroatoms. The minimum Gasteiger partial charge on any atom is -0.545 e. The highest BCUT2D eigenvalue weighted by Gasteiger charge is 2.22. The van der Waals surface area contributed by atoms with Gasteiger partial charge in [-0.25, -0.2) is 0 Å². The van der Waals surface area contributed by atoms with Gasteiger partial charge in [-0.05, 0) is 64.2 Å². The first-order valence-electron chi connectivity index (χ1n) is 29.1. The summed E-state index contributed by atoms with van der Waals surface area (Å²) < 4.78 is 22.5. The number of carboxylic acid groups (broad SMARTS) is 1. The van der Waals surface area contributed by atoms with Crippen LogP contribution in [0.15, 0.2) is 72.9 Å². The molecule has 0 fully saturated rings. The van der Waals surface area contributed by atoms with Crippen LogP contribution in [0.25, 0.3) is 0 Å². The van der Waals surface area contributed by atoms with E-state index in [0.29, 0.717) is 23.9 Å². The van der Waals surface area contributed by atoms with Gasteiger partial charge in [0.05, 0.1) is 40.3 Å². The number of carbonyl (C=O) groups is 3. The maximum absolute atomic E-state index is 12.8. The molecule has 2 atom stereocenters. The van der Waals surface area contributed by atoms with Gasteiger partial charge in [-0.2, -0.15) is 0 Å². The van der Waals surface area contributed by atoms with Crippen LogP contribution in [-0.4, -0.2) is 82.3 Å². The number of quaternary nitrogens is 1. The molecule has 0 aliphatic rings. The zero-order chi connectivity index (χ0) is 52.0. The highest BCUT2D eigenvalue weighted by atomic mass is 16.7. The molecule has 0 rings (SSSR count). The van der Waals surface area contributed by atoms with Gasteiger partial charge in [0.25, 0.3) is 0 Å². The van der Waals surface area contributed by atoms with Crippen molar-refractivity contribution in [3.8, 4) is 0 Å². The Labute approximate surface area is 437 Å². The summed E-state index contributed by atoms with van der Waals surface area (Å²) >= 11 is 0. The Hall–Kier alpha value is -3.27. The van der Waals surface area contributed by atoms with Gasteiger partial charge in [-0.1, -0.05) is 241 Å². The summed E-state index contributed by atoms with van der Waals surface area (Å²) in [6.45, 7) is 4.59. The lowest BCUT2D eigenvalue weighted by Crippen LogP contribution is -2.44. The molecule has 0 amide bonds. The lowest BCUT2D eigenvalue weighted by molar-refractivity contribution is -0.870. The van der Waals surface area contributed by atoms with E-state index in [9.17, 15) is 19.5 Å². The molecule has 0 aromatic heterocycles. The molecule has 0 bridgehead atoms. The highest BCUT2D eigenvalue weighted by Crippen LogP contribution is 2.16. The van der Waals surface area contributed by atoms with E-state index in [1.54, 1.807) is 0 Å². The molecule has 0 aromatic rings. The van der Waals surface area contributed by atoms with E-state index in [-0.39, 0.29) is 32.2 Å². The maximum Gasteiger partial charge on any atom is 0.306 e. The minimum atomic E-state index is -1.62.